The summed E-state index contributed by atoms with van der Waals surface area (Å²) in [6.07, 6.45) is 7.95. The van der Waals surface area contributed by atoms with Gasteiger partial charge in [0, 0.05) is 44.0 Å². The first kappa shape index (κ1) is 30.9. The van der Waals surface area contributed by atoms with Crippen molar-refractivity contribution in [3.63, 3.8) is 0 Å². The van der Waals surface area contributed by atoms with Crippen LogP contribution in [0, 0.1) is 17.3 Å². The highest BCUT2D eigenvalue weighted by atomic mass is 16.6. The lowest BCUT2D eigenvalue weighted by atomic mass is 9.60. The van der Waals surface area contributed by atoms with Crippen molar-refractivity contribution >= 4 is 11.9 Å². The molecule has 1 spiro atoms. The summed E-state index contributed by atoms with van der Waals surface area (Å²) in [6, 6.07) is 9.27. The number of para-hydroxylation sites is 1. The van der Waals surface area contributed by atoms with E-state index in [4.69, 9.17) is 15.2 Å². The van der Waals surface area contributed by atoms with Gasteiger partial charge in [-0.05, 0) is 77.0 Å². The van der Waals surface area contributed by atoms with Crippen LogP contribution in [-0.2, 0) is 9.47 Å². The van der Waals surface area contributed by atoms with E-state index in [1.165, 1.54) is 12.8 Å². The smallest absolute Gasteiger partial charge is 0.410 e. The summed E-state index contributed by atoms with van der Waals surface area (Å²) in [6.45, 7) is 11.9. The summed E-state index contributed by atoms with van der Waals surface area (Å²) >= 11 is 0. The number of rotatable bonds is 4. The molecule has 3 N–H and O–H groups in total. The van der Waals surface area contributed by atoms with E-state index in [2.05, 4.69) is 39.0 Å². The highest BCUT2D eigenvalue weighted by Crippen LogP contribution is 2.51. The number of aromatic hydroxyl groups is 1. The fourth-order valence-electron chi connectivity index (χ4n) is 6.67. The van der Waals surface area contributed by atoms with Gasteiger partial charge in [-0.25, -0.2) is 4.79 Å². The highest BCUT2D eigenvalue weighted by Gasteiger charge is 2.49. The van der Waals surface area contributed by atoms with Gasteiger partial charge in [0.05, 0.1) is 41.8 Å². The Labute approximate surface area is 264 Å². The normalized spacial score (nSPS) is 21.1. The standard InChI is InChI=1S/C34H43N7O4/c1-23(41-21-24(20-36-41)9-10-25-17-28(37-38-31(25)35)27-7-5-6-8-29(27)42)30-22-40(15-16-44-30)26-18-34(19-26)11-13-39(14-12-34)32(43)45-33(2,3)4/h5-8,17,20-21,23,26,30,42H,11-16,18-19,22H2,1-4H3,(H2,35,38)/t23-,30-/m0/s1. The van der Waals surface area contributed by atoms with Gasteiger partial charge in [0.1, 0.15) is 11.4 Å². The average Bonchev–Trinajstić information content (AvgIpc) is 3.48. The zero-order chi connectivity index (χ0) is 31.8. The van der Waals surface area contributed by atoms with Gasteiger partial charge in [-0.15, -0.1) is 10.2 Å². The molecule has 4 heterocycles. The lowest BCUT2D eigenvalue weighted by Gasteiger charge is -2.56. The number of ether oxygens (including phenoxy) is 2. The van der Waals surface area contributed by atoms with Gasteiger partial charge >= 0.3 is 6.09 Å². The number of likely N-dealkylation sites (tertiary alicyclic amines) is 1. The lowest BCUT2D eigenvalue weighted by Crippen LogP contribution is -2.59. The molecule has 45 heavy (non-hydrogen) atoms. The average molecular weight is 614 g/mol. The summed E-state index contributed by atoms with van der Waals surface area (Å²) in [5, 5.41) is 23.0. The number of carbonyl (C=O) groups is 1. The first-order chi connectivity index (χ1) is 21.5. The molecule has 3 fully saturated rings. The Kier molecular flexibility index (Phi) is 8.46. The number of nitrogens with zero attached hydrogens (tertiary/aromatic N) is 6. The fourth-order valence-corrected chi connectivity index (χ4v) is 6.67. The van der Waals surface area contributed by atoms with Gasteiger partial charge in [0.2, 0.25) is 0 Å². The van der Waals surface area contributed by atoms with Crippen LogP contribution in [0.25, 0.3) is 11.3 Å². The summed E-state index contributed by atoms with van der Waals surface area (Å²) in [5.41, 5.74) is 8.29. The van der Waals surface area contributed by atoms with E-state index in [0.717, 1.165) is 44.6 Å². The molecule has 3 aromatic rings. The number of anilines is 1. The van der Waals surface area contributed by atoms with Crippen molar-refractivity contribution < 1.29 is 19.4 Å². The molecular formula is C34H43N7O4. The molecule has 0 unspecified atom stereocenters. The van der Waals surface area contributed by atoms with Crippen LogP contribution in [0.4, 0.5) is 10.6 Å². The second kappa shape index (κ2) is 12.3. The number of phenolic OH excluding ortho intramolecular Hbond substituents is 1. The van der Waals surface area contributed by atoms with Crippen LogP contribution < -0.4 is 5.73 Å². The van der Waals surface area contributed by atoms with Crippen LogP contribution in [0.1, 0.15) is 70.5 Å². The van der Waals surface area contributed by atoms with Gasteiger partial charge in [0.25, 0.3) is 0 Å². The molecule has 1 amide bonds. The molecule has 2 saturated heterocycles. The van der Waals surface area contributed by atoms with Gasteiger partial charge in [-0.3, -0.25) is 9.58 Å². The number of morpholine rings is 1. The van der Waals surface area contributed by atoms with E-state index in [-0.39, 0.29) is 29.8 Å². The molecule has 2 aliphatic heterocycles. The van der Waals surface area contributed by atoms with Crippen molar-refractivity contribution in [2.24, 2.45) is 5.41 Å². The number of hydrogen-bond donors (Lipinski definition) is 2. The maximum absolute atomic E-state index is 12.5. The van der Waals surface area contributed by atoms with E-state index in [0.29, 0.717) is 34.9 Å². The lowest BCUT2D eigenvalue weighted by molar-refractivity contribution is -0.108. The summed E-state index contributed by atoms with van der Waals surface area (Å²) in [4.78, 5) is 17.0. The zero-order valence-corrected chi connectivity index (χ0v) is 26.6. The number of amides is 1. The van der Waals surface area contributed by atoms with Crippen molar-refractivity contribution in [3.8, 4) is 28.8 Å². The first-order valence-corrected chi connectivity index (χ1v) is 15.8. The zero-order valence-electron chi connectivity index (χ0n) is 26.6. The molecule has 3 aliphatic rings. The van der Waals surface area contributed by atoms with Crippen molar-refractivity contribution in [2.75, 3.05) is 38.5 Å². The molecule has 6 rings (SSSR count). The minimum atomic E-state index is -0.463. The maximum atomic E-state index is 12.5. The molecular weight excluding hydrogens is 570 g/mol. The molecule has 11 nitrogen and oxygen atoms in total. The number of aromatic nitrogens is 4. The Morgan fingerprint density at radius 1 is 1.16 bits per heavy atom. The van der Waals surface area contributed by atoms with Gasteiger partial charge in [0.15, 0.2) is 5.82 Å². The Morgan fingerprint density at radius 2 is 1.91 bits per heavy atom. The molecule has 1 saturated carbocycles. The monoisotopic (exact) mass is 613 g/mol. The van der Waals surface area contributed by atoms with Gasteiger partial charge in [-0.2, -0.15) is 5.10 Å². The molecule has 1 aliphatic carbocycles. The molecule has 2 atom stereocenters. The minimum Gasteiger partial charge on any atom is -0.507 e. The van der Waals surface area contributed by atoms with Crippen LogP contribution in [0.3, 0.4) is 0 Å². The van der Waals surface area contributed by atoms with Gasteiger partial charge < -0.3 is 25.2 Å². The predicted molar refractivity (Wildman–Crippen MR) is 170 cm³/mol. The number of benzene rings is 1. The van der Waals surface area contributed by atoms with Gasteiger partial charge in [-0.1, -0.05) is 24.0 Å². The number of carbonyl (C=O) groups excluding carboxylic acids is 1. The number of phenols is 1. The third-order valence-corrected chi connectivity index (χ3v) is 9.36. The largest absolute Gasteiger partial charge is 0.507 e. The van der Waals surface area contributed by atoms with E-state index in [1.807, 2.05) is 42.6 Å². The molecule has 11 heteroatoms. The summed E-state index contributed by atoms with van der Waals surface area (Å²) in [7, 11) is 0. The Hall–Kier alpha value is -4.14. The van der Waals surface area contributed by atoms with Crippen molar-refractivity contribution in [2.45, 2.75) is 77.2 Å². The Balaban J connectivity index is 1.03. The van der Waals surface area contributed by atoms with E-state index in [9.17, 15) is 9.90 Å². The molecule has 0 bridgehead atoms. The van der Waals surface area contributed by atoms with Crippen molar-refractivity contribution in [1.82, 2.24) is 29.8 Å². The summed E-state index contributed by atoms with van der Waals surface area (Å²) < 4.78 is 13.7. The number of nitrogen functional groups attached to an aromatic ring is 1. The topological polar surface area (TPSA) is 132 Å². The molecule has 238 valence electrons. The highest BCUT2D eigenvalue weighted by molar-refractivity contribution is 5.69. The van der Waals surface area contributed by atoms with Crippen LogP contribution >= 0.6 is 0 Å². The maximum Gasteiger partial charge on any atom is 0.410 e. The third kappa shape index (κ3) is 6.92. The van der Waals surface area contributed by atoms with E-state index in [1.54, 1.807) is 30.5 Å². The quantitative estimate of drug-likeness (QED) is 0.409. The first-order valence-electron chi connectivity index (χ1n) is 15.8. The number of hydrogen-bond acceptors (Lipinski definition) is 9. The number of nitrogens with two attached hydrogens (primary N) is 1. The Morgan fingerprint density at radius 3 is 2.64 bits per heavy atom. The second-order valence-corrected chi connectivity index (χ2v) is 13.7. The van der Waals surface area contributed by atoms with Crippen molar-refractivity contribution in [1.29, 1.82) is 0 Å². The second-order valence-electron chi connectivity index (χ2n) is 13.7. The van der Waals surface area contributed by atoms with Crippen LogP contribution in [0.5, 0.6) is 5.75 Å². The van der Waals surface area contributed by atoms with Crippen LogP contribution in [0.2, 0.25) is 0 Å². The van der Waals surface area contributed by atoms with Crippen LogP contribution in [-0.4, -0.2) is 91.5 Å². The third-order valence-electron chi connectivity index (χ3n) is 9.36. The Bertz CT molecular complexity index is 1590. The predicted octanol–water partition coefficient (Wildman–Crippen LogP) is 4.47. The molecule has 0 radical (unpaired) electrons. The van der Waals surface area contributed by atoms with Crippen molar-refractivity contribution in [3.05, 3.63) is 53.9 Å². The van der Waals surface area contributed by atoms with Crippen LogP contribution in [0.15, 0.2) is 42.7 Å². The minimum absolute atomic E-state index is 0.0196. The summed E-state index contributed by atoms with van der Waals surface area (Å²) in [5.74, 6) is 6.58. The molecule has 2 aromatic heterocycles. The van der Waals surface area contributed by atoms with E-state index >= 15 is 0 Å². The SMILES string of the molecule is C[C@@H]([C@@H]1CN(C2CC3(CCN(C(=O)OC(C)(C)C)CC3)C2)CCO1)n1cc(C#Cc2cc(-c3ccccc3O)nnc2N)cn1. The number of piperidine rings is 1. The molecule has 1 aromatic carbocycles. The fraction of sp³-hybridized carbons (Fsp3) is 0.529. The van der Waals surface area contributed by atoms with E-state index < -0.39 is 5.60 Å².